The van der Waals surface area contributed by atoms with Gasteiger partial charge in [-0.05, 0) is 31.4 Å². The molecular formula is C18H19F6N3O2. The smallest absolute Gasteiger partial charge is 0.401 e. The maximum atomic E-state index is 13.9. The van der Waals surface area contributed by atoms with E-state index < -0.39 is 36.8 Å². The maximum absolute atomic E-state index is 13.9. The molecule has 1 amide bonds. The fraction of sp³-hybridized carbons (Fsp3) is 0.444. The Bertz CT molecular complexity index is 896. The monoisotopic (exact) mass is 423 g/mol. The second kappa shape index (κ2) is 8.44. The van der Waals surface area contributed by atoms with E-state index in [0.717, 1.165) is 12.1 Å². The number of nitrogens with zero attached hydrogens (tertiary/aromatic N) is 1. The lowest BCUT2D eigenvalue weighted by molar-refractivity contribution is -0.126. The van der Waals surface area contributed by atoms with E-state index in [1.807, 2.05) is 0 Å². The van der Waals surface area contributed by atoms with Crippen molar-refractivity contribution < 1.29 is 37.3 Å². The van der Waals surface area contributed by atoms with Crippen molar-refractivity contribution in [2.45, 2.75) is 44.1 Å². The summed E-state index contributed by atoms with van der Waals surface area (Å²) in [5, 5.41) is 5.36. The fourth-order valence-corrected chi connectivity index (χ4v) is 3.27. The second-order valence-corrected chi connectivity index (χ2v) is 6.75. The highest BCUT2D eigenvalue weighted by atomic mass is 19.4. The number of amides is 1. The predicted molar refractivity (Wildman–Crippen MR) is 93.4 cm³/mol. The fourth-order valence-electron chi connectivity index (χ4n) is 3.27. The minimum absolute atomic E-state index is 0. The first-order valence-electron chi connectivity index (χ1n) is 8.76. The standard InChI is InChI=1S/C18H17F6N3O2.H2/c19-13-4-9-3-10(7-25-14(9)6-15(13)29-17(20)21)16(28)27-12-2-1-11(5-12)26-8-18(22,23)24;/h3-4,6-7,11-12,17,26H,1-2,5,8H2,(H,27,28);1H/t11-,12?;/m1./s1. The van der Waals surface area contributed by atoms with Crippen LogP contribution in [0.3, 0.4) is 0 Å². The second-order valence-electron chi connectivity index (χ2n) is 6.75. The summed E-state index contributed by atoms with van der Waals surface area (Å²) in [6.45, 7) is -4.27. The molecule has 1 heterocycles. The molecule has 160 valence electrons. The van der Waals surface area contributed by atoms with Crippen LogP contribution in [0.15, 0.2) is 24.4 Å². The van der Waals surface area contributed by atoms with Crippen molar-refractivity contribution >= 4 is 16.8 Å². The third-order valence-electron chi connectivity index (χ3n) is 4.57. The molecule has 3 rings (SSSR count). The number of alkyl halides is 5. The summed E-state index contributed by atoms with van der Waals surface area (Å²) in [4.78, 5) is 16.4. The molecule has 0 spiro atoms. The molecule has 0 bridgehead atoms. The van der Waals surface area contributed by atoms with Crippen LogP contribution in [0.2, 0.25) is 0 Å². The van der Waals surface area contributed by atoms with E-state index in [1.165, 1.54) is 12.3 Å². The van der Waals surface area contributed by atoms with E-state index in [0.29, 0.717) is 19.3 Å². The number of carbonyl (C=O) groups is 1. The van der Waals surface area contributed by atoms with Gasteiger partial charge in [0, 0.05) is 31.2 Å². The molecule has 1 aliphatic carbocycles. The van der Waals surface area contributed by atoms with E-state index >= 15 is 0 Å². The molecule has 2 atom stereocenters. The SMILES string of the molecule is O=C(NC1CC[C@@H](NCC(F)(F)F)C1)c1cnc2cc(OC(F)F)c(F)cc2c1.[HH]. The first-order valence-corrected chi connectivity index (χ1v) is 8.76. The minimum Gasteiger partial charge on any atom is -0.432 e. The highest BCUT2D eigenvalue weighted by Crippen LogP contribution is 2.26. The molecular weight excluding hydrogens is 404 g/mol. The number of halogens is 6. The highest BCUT2D eigenvalue weighted by molar-refractivity contribution is 5.97. The highest BCUT2D eigenvalue weighted by Gasteiger charge is 2.31. The topological polar surface area (TPSA) is 63.2 Å². The third-order valence-corrected chi connectivity index (χ3v) is 4.57. The number of carbonyl (C=O) groups excluding carboxylic acids is 1. The lowest BCUT2D eigenvalue weighted by Crippen LogP contribution is -2.38. The number of ether oxygens (including phenoxy) is 1. The molecule has 1 aromatic heterocycles. The van der Waals surface area contributed by atoms with E-state index in [1.54, 1.807) is 0 Å². The van der Waals surface area contributed by atoms with Crippen molar-refractivity contribution in [3.8, 4) is 5.75 Å². The van der Waals surface area contributed by atoms with Gasteiger partial charge in [-0.3, -0.25) is 9.78 Å². The normalized spacial score (nSPS) is 19.7. The summed E-state index contributed by atoms with van der Waals surface area (Å²) in [5.41, 5.74) is 0.280. The van der Waals surface area contributed by atoms with Crippen molar-refractivity contribution in [1.82, 2.24) is 15.6 Å². The van der Waals surface area contributed by atoms with Crippen LogP contribution in [-0.2, 0) is 0 Å². The zero-order chi connectivity index (χ0) is 21.2. The number of hydrogen-bond donors (Lipinski definition) is 2. The van der Waals surface area contributed by atoms with Crippen molar-refractivity contribution in [1.29, 1.82) is 0 Å². The Morgan fingerprint density at radius 1 is 1.24 bits per heavy atom. The van der Waals surface area contributed by atoms with Crippen molar-refractivity contribution in [2.24, 2.45) is 0 Å². The summed E-state index contributed by atoms with van der Waals surface area (Å²) >= 11 is 0. The summed E-state index contributed by atoms with van der Waals surface area (Å²) in [6, 6.07) is 2.64. The Labute approximate surface area is 162 Å². The Morgan fingerprint density at radius 2 is 1.97 bits per heavy atom. The molecule has 2 N–H and O–H groups in total. The Kier molecular flexibility index (Phi) is 6.15. The number of hydrogen-bond acceptors (Lipinski definition) is 4. The molecule has 5 nitrogen and oxygen atoms in total. The van der Waals surface area contributed by atoms with E-state index in [2.05, 4.69) is 20.4 Å². The third kappa shape index (κ3) is 5.72. The average Bonchev–Trinajstić information content (AvgIpc) is 3.06. The first-order chi connectivity index (χ1) is 13.6. The van der Waals surface area contributed by atoms with Gasteiger partial charge in [0.1, 0.15) is 0 Å². The number of pyridine rings is 1. The Balaban J connectivity index is 0.00000320. The van der Waals surface area contributed by atoms with E-state index in [-0.39, 0.29) is 30.0 Å². The Hall–Kier alpha value is -2.56. The van der Waals surface area contributed by atoms with Crippen LogP contribution in [-0.4, -0.2) is 42.3 Å². The molecule has 0 aliphatic heterocycles. The van der Waals surface area contributed by atoms with Gasteiger partial charge in [0.05, 0.1) is 17.6 Å². The number of benzene rings is 1. The van der Waals surface area contributed by atoms with E-state index in [4.69, 9.17) is 0 Å². The van der Waals surface area contributed by atoms with Gasteiger partial charge in [-0.15, -0.1) is 0 Å². The lowest BCUT2D eigenvalue weighted by Gasteiger charge is -2.16. The molecule has 1 saturated carbocycles. The molecule has 0 saturated heterocycles. The molecule has 1 aromatic carbocycles. The molecule has 1 aliphatic rings. The molecule has 29 heavy (non-hydrogen) atoms. The first kappa shape index (κ1) is 21.2. The molecule has 11 heteroatoms. The van der Waals surface area contributed by atoms with Crippen LogP contribution in [0, 0.1) is 5.82 Å². The van der Waals surface area contributed by atoms with Gasteiger partial charge < -0.3 is 15.4 Å². The van der Waals surface area contributed by atoms with Crippen molar-refractivity contribution in [3.05, 3.63) is 35.8 Å². The van der Waals surface area contributed by atoms with Crippen LogP contribution in [0.5, 0.6) is 5.75 Å². The van der Waals surface area contributed by atoms with Crippen LogP contribution in [0.1, 0.15) is 31.0 Å². The summed E-state index contributed by atoms with van der Waals surface area (Å²) < 4.78 is 79.3. The van der Waals surface area contributed by atoms with Gasteiger partial charge in [0.25, 0.3) is 5.91 Å². The zero-order valence-electron chi connectivity index (χ0n) is 14.9. The van der Waals surface area contributed by atoms with Gasteiger partial charge in [-0.1, -0.05) is 0 Å². The largest absolute Gasteiger partial charge is 0.432 e. The summed E-state index contributed by atoms with van der Waals surface area (Å²) in [5.74, 6) is -2.18. The van der Waals surface area contributed by atoms with Crippen LogP contribution < -0.4 is 15.4 Å². The molecule has 1 fully saturated rings. The molecule has 2 aromatic rings. The van der Waals surface area contributed by atoms with Gasteiger partial charge in [-0.25, -0.2) is 4.39 Å². The minimum atomic E-state index is -4.30. The number of rotatable bonds is 6. The quantitative estimate of drug-likeness (QED) is 0.689. The molecule has 0 radical (unpaired) electrons. The van der Waals surface area contributed by atoms with Crippen LogP contribution in [0.25, 0.3) is 10.9 Å². The van der Waals surface area contributed by atoms with Crippen molar-refractivity contribution in [2.75, 3.05) is 6.54 Å². The maximum Gasteiger partial charge on any atom is 0.401 e. The van der Waals surface area contributed by atoms with Gasteiger partial charge in [0.15, 0.2) is 11.6 Å². The van der Waals surface area contributed by atoms with Crippen molar-refractivity contribution in [3.63, 3.8) is 0 Å². The van der Waals surface area contributed by atoms with E-state index in [9.17, 15) is 31.1 Å². The summed E-state index contributed by atoms with van der Waals surface area (Å²) in [6.07, 6.45) is -1.73. The number of nitrogens with one attached hydrogen (secondary N) is 2. The Morgan fingerprint density at radius 3 is 2.66 bits per heavy atom. The van der Waals surface area contributed by atoms with Gasteiger partial charge in [0.2, 0.25) is 0 Å². The molecule has 1 unspecified atom stereocenters. The zero-order valence-corrected chi connectivity index (χ0v) is 14.9. The van der Waals surface area contributed by atoms with Gasteiger partial charge >= 0.3 is 12.8 Å². The van der Waals surface area contributed by atoms with Gasteiger partial charge in [-0.2, -0.15) is 22.0 Å². The summed E-state index contributed by atoms with van der Waals surface area (Å²) in [7, 11) is 0. The van der Waals surface area contributed by atoms with Crippen LogP contribution >= 0.6 is 0 Å². The predicted octanol–water partition coefficient (Wildman–Crippen LogP) is 4.02. The lowest BCUT2D eigenvalue weighted by atomic mass is 10.1. The number of fused-ring (bicyclic) bond motifs is 1. The number of aromatic nitrogens is 1. The average molecular weight is 423 g/mol. The van der Waals surface area contributed by atoms with Crippen LogP contribution in [0.4, 0.5) is 26.3 Å².